The van der Waals surface area contributed by atoms with E-state index < -0.39 is 5.91 Å². The molecule has 0 aliphatic rings. The summed E-state index contributed by atoms with van der Waals surface area (Å²) in [5, 5.41) is 21.2. The molecule has 0 atom stereocenters. The van der Waals surface area contributed by atoms with E-state index in [4.69, 9.17) is 30.5 Å². The highest BCUT2D eigenvalue weighted by Crippen LogP contribution is 2.36. The quantitative estimate of drug-likeness (QED) is 0.0475. The lowest BCUT2D eigenvalue weighted by Gasteiger charge is -2.06. The fraction of sp³-hybridized carbons (Fsp3) is 0.164. The van der Waals surface area contributed by atoms with Gasteiger partial charge in [0.15, 0.2) is 0 Å². The molecule has 0 radical (unpaired) electrons. The van der Waals surface area contributed by atoms with Gasteiger partial charge in [0.2, 0.25) is 5.91 Å². The summed E-state index contributed by atoms with van der Waals surface area (Å²) >= 11 is 7.84. The Hall–Kier alpha value is -8.05. The minimum Gasteiger partial charge on any atom is -0.462 e. The summed E-state index contributed by atoms with van der Waals surface area (Å²) in [5.74, 6) is -1.21. The Morgan fingerprint density at radius 3 is 1.42 bits per heavy atom. The third kappa shape index (κ3) is 15.5. The molecule has 0 aliphatic heterocycles. The largest absolute Gasteiger partial charge is 0.462 e. The molecule has 0 bridgehead atoms. The van der Waals surface area contributed by atoms with Gasteiger partial charge in [-0.3, -0.25) is 9.59 Å². The monoisotopic (exact) mass is 1130 g/mol. The van der Waals surface area contributed by atoms with E-state index in [0.717, 1.165) is 77.2 Å². The zero-order chi connectivity index (χ0) is 53.7. The van der Waals surface area contributed by atoms with Crippen LogP contribution < -0.4 is 5.73 Å². The van der Waals surface area contributed by atoms with Crippen LogP contribution in [0.4, 0.5) is 0 Å². The maximum absolute atomic E-state index is 12.3. The standard InChI is InChI=1S/C20H19NO3S.C20H15NO2S.C12H11BrO2S.C8H5NO.CH4/c1-2-24-20(23)18-16(15-5-3-4-6-17(15)25-18)12-9-13-7-10-14(11-8-13)19(21)22;1-2-23-20(22)19-17(16-5-3-4-6-18(16)24-19)12-11-14-7-9-15(13-21)10-8-14;1-2-15-12(14)11-9(7-13)8-5-3-4-6-10(8)16-11;9-5-7-1-3-8(6-10)4-2-7;/h3-8,10-11H,2,9,12H2,1H3,(H2,21,22);3-12H,2H2,1H3;3-6H,2,7H2,1H3;1-4,6H;1H4/b;12-11+;;;. The molecular weight excluding hydrogens is 1080 g/mol. The van der Waals surface area contributed by atoms with Crippen LogP contribution in [0, 0.1) is 22.7 Å². The van der Waals surface area contributed by atoms with E-state index >= 15 is 0 Å². The fourth-order valence-corrected chi connectivity index (χ4v) is 11.6. The zero-order valence-electron chi connectivity index (χ0n) is 41.2. The molecule has 15 heteroatoms. The molecule has 0 saturated heterocycles. The summed E-state index contributed by atoms with van der Waals surface area (Å²) in [4.78, 5) is 59.6. The maximum Gasteiger partial charge on any atom is 0.348 e. The highest BCUT2D eigenvalue weighted by atomic mass is 79.9. The fourth-order valence-electron chi connectivity index (χ4n) is 7.47. The Labute approximate surface area is 462 Å². The maximum atomic E-state index is 12.3. The van der Waals surface area contributed by atoms with Crippen molar-refractivity contribution in [3.8, 4) is 12.1 Å². The number of esters is 3. The Morgan fingerprint density at radius 2 is 0.961 bits per heavy atom. The topological polar surface area (TPSA) is 187 Å². The molecule has 9 rings (SSSR count). The number of hydrogen-bond acceptors (Lipinski definition) is 13. The molecule has 76 heavy (non-hydrogen) atoms. The van der Waals surface area contributed by atoms with E-state index in [1.165, 1.54) is 34.0 Å². The van der Waals surface area contributed by atoms with Gasteiger partial charge in [0.1, 0.15) is 20.9 Å². The van der Waals surface area contributed by atoms with E-state index in [0.29, 0.717) is 62.0 Å². The lowest BCUT2D eigenvalue weighted by molar-refractivity contribution is 0.0521. The molecule has 11 nitrogen and oxygen atoms in total. The number of ether oxygens (including phenoxy) is 3. The number of primary amides is 1. The number of carbonyl (C=O) groups is 5. The molecule has 386 valence electrons. The van der Waals surface area contributed by atoms with Crippen molar-refractivity contribution in [2.75, 3.05) is 19.8 Å². The molecule has 3 heterocycles. The van der Waals surface area contributed by atoms with Crippen molar-refractivity contribution in [3.05, 3.63) is 210 Å². The van der Waals surface area contributed by atoms with Crippen LogP contribution in [-0.2, 0) is 32.4 Å². The number of halogens is 1. The smallest absolute Gasteiger partial charge is 0.348 e. The first kappa shape index (κ1) is 58.8. The van der Waals surface area contributed by atoms with Gasteiger partial charge >= 0.3 is 17.9 Å². The number of amides is 1. The van der Waals surface area contributed by atoms with Gasteiger partial charge < -0.3 is 19.9 Å². The van der Waals surface area contributed by atoms with Crippen molar-refractivity contribution < 1.29 is 38.2 Å². The van der Waals surface area contributed by atoms with Gasteiger partial charge in [-0.1, -0.05) is 127 Å². The Morgan fingerprint density at radius 1 is 0.539 bits per heavy atom. The number of hydrogen-bond donors (Lipinski definition) is 1. The summed E-state index contributed by atoms with van der Waals surface area (Å²) in [6.45, 7) is 6.56. The summed E-state index contributed by atoms with van der Waals surface area (Å²) < 4.78 is 18.7. The second kappa shape index (κ2) is 29.7. The van der Waals surface area contributed by atoms with Crippen molar-refractivity contribution in [1.82, 2.24) is 0 Å². The number of thiophene rings is 3. The Bertz CT molecular complexity index is 3550. The van der Waals surface area contributed by atoms with Crippen molar-refractivity contribution in [3.63, 3.8) is 0 Å². The Balaban J connectivity index is 0.000000195. The third-order valence-corrected chi connectivity index (χ3v) is 15.2. The first-order valence-corrected chi connectivity index (χ1v) is 27.2. The van der Waals surface area contributed by atoms with Crippen molar-refractivity contribution in [2.24, 2.45) is 5.73 Å². The van der Waals surface area contributed by atoms with E-state index in [-0.39, 0.29) is 25.3 Å². The van der Waals surface area contributed by atoms with Crippen LogP contribution in [0.2, 0.25) is 0 Å². The lowest BCUT2D eigenvalue weighted by Crippen LogP contribution is -2.10. The number of aryl methyl sites for hydroxylation is 2. The van der Waals surface area contributed by atoms with E-state index in [1.807, 2.05) is 129 Å². The highest BCUT2D eigenvalue weighted by molar-refractivity contribution is 9.08. The van der Waals surface area contributed by atoms with Gasteiger partial charge in [-0.2, -0.15) is 10.5 Å². The van der Waals surface area contributed by atoms with E-state index in [1.54, 1.807) is 55.5 Å². The van der Waals surface area contributed by atoms with Crippen LogP contribution in [0.5, 0.6) is 0 Å². The van der Waals surface area contributed by atoms with Crippen LogP contribution >= 0.6 is 49.9 Å². The normalized spacial score (nSPS) is 10.3. The lowest BCUT2D eigenvalue weighted by atomic mass is 10.0. The van der Waals surface area contributed by atoms with Gasteiger partial charge in [0.05, 0.1) is 43.1 Å². The van der Waals surface area contributed by atoms with Crippen LogP contribution in [0.1, 0.15) is 117 Å². The predicted molar refractivity (Wildman–Crippen MR) is 312 cm³/mol. The number of fused-ring (bicyclic) bond motifs is 3. The molecule has 3 aromatic heterocycles. The summed E-state index contributed by atoms with van der Waals surface area (Å²) in [6, 6.07) is 49.1. The molecule has 0 spiro atoms. The number of alkyl halides is 1. The van der Waals surface area contributed by atoms with Crippen LogP contribution in [0.15, 0.2) is 146 Å². The van der Waals surface area contributed by atoms with Gasteiger partial charge in [-0.25, -0.2) is 14.4 Å². The number of carbonyl (C=O) groups excluding carboxylic acids is 5. The highest BCUT2D eigenvalue weighted by Gasteiger charge is 2.21. The van der Waals surface area contributed by atoms with E-state index in [2.05, 4.69) is 22.0 Å². The van der Waals surface area contributed by atoms with Crippen LogP contribution in [0.25, 0.3) is 42.4 Å². The second-order valence-corrected chi connectivity index (χ2v) is 19.6. The molecule has 0 unspecified atom stereocenters. The summed E-state index contributed by atoms with van der Waals surface area (Å²) in [6.07, 6.45) is 6.13. The minimum atomic E-state index is -0.431. The third-order valence-electron chi connectivity index (χ3n) is 11.1. The number of nitrogens with two attached hydrogens (primary N) is 1. The average Bonchev–Trinajstić information content (AvgIpc) is 4.15. The van der Waals surface area contributed by atoms with Gasteiger partial charge in [-0.05, 0) is 121 Å². The summed E-state index contributed by atoms with van der Waals surface area (Å²) in [5.41, 5.74) is 12.6. The van der Waals surface area contributed by atoms with Gasteiger partial charge in [0, 0.05) is 41.5 Å². The van der Waals surface area contributed by atoms with Crippen molar-refractivity contribution in [1.29, 1.82) is 10.5 Å². The van der Waals surface area contributed by atoms with Crippen molar-refractivity contribution in [2.45, 2.75) is 46.4 Å². The van der Waals surface area contributed by atoms with Gasteiger partial charge in [0.25, 0.3) is 0 Å². The zero-order valence-corrected chi connectivity index (χ0v) is 45.2. The number of rotatable bonds is 14. The molecule has 0 fully saturated rings. The molecule has 0 aliphatic carbocycles. The minimum absolute atomic E-state index is 0. The number of nitrogens with zero attached hydrogens (tertiary/aromatic N) is 2. The average molecular weight is 1130 g/mol. The summed E-state index contributed by atoms with van der Waals surface area (Å²) in [7, 11) is 0. The first-order chi connectivity index (χ1) is 36.5. The van der Waals surface area contributed by atoms with Crippen molar-refractivity contribution >= 4 is 122 Å². The first-order valence-electron chi connectivity index (χ1n) is 23.6. The number of aldehydes is 1. The SMILES string of the molecule is C.CCOC(=O)c1sc2ccccc2c1/C=C/c1ccc(C#N)cc1.CCOC(=O)c1sc2ccccc2c1CBr.CCOC(=O)c1sc2ccccc2c1CCc1ccc(C(N)=O)cc1.N#Cc1ccc(C=O)cc1. The molecular formula is C61H54BrN3O8S3. The number of nitriles is 2. The molecule has 6 aromatic carbocycles. The van der Waals surface area contributed by atoms with Crippen LogP contribution in [-0.4, -0.2) is 49.9 Å². The molecule has 2 N–H and O–H groups in total. The predicted octanol–water partition coefficient (Wildman–Crippen LogP) is 15.1. The van der Waals surface area contributed by atoms with E-state index in [9.17, 15) is 24.0 Å². The van der Waals surface area contributed by atoms with Crippen LogP contribution in [0.3, 0.4) is 0 Å². The Kier molecular flexibility index (Phi) is 23.0. The van der Waals surface area contributed by atoms with Gasteiger partial charge in [-0.15, -0.1) is 34.0 Å². The second-order valence-electron chi connectivity index (χ2n) is 15.9. The molecule has 1 amide bonds. The number of benzene rings is 6. The molecule has 0 saturated carbocycles. The molecule has 9 aromatic rings.